The van der Waals surface area contributed by atoms with Crippen LogP contribution in [-0.2, 0) is 0 Å². The summed E-state index contributed by atoms with van der Waals surface area (Å²) < 4.78 is 6.59. The molecule has 2 heterocycles. The maximum Gasteiger partial charge on any atom is 0.278 e. The molecule has 2 aromatic rings. The largest absolute Gasteiger partial charge is 0.494 e. The van der Waals surface area contributed by atoms with Crippen molar-refractivity contribution >= 4 is 5.91 Å². The SMILES string of the molecule is COc1cc(=O)n(-c2ccccc2C)nc1C(=O)N1[C@H](C)CCC[C@@H]1C. The van der Waals surface area contributed by atoms with E-state index in [0.717, 1.165) is 24.8 Å². The number of likely N-dealkylation sites (tertiary alicyclic amines) is 1. The predicted molar refractivity (Wildman–Crippen MR) is 100 cm³/mol. The molecule has 0 unspecified atom stereocenters. The first kappa shape index (κ1) is 18.2. The van der Waals surface area contributed by atoms with Crippen molar-refractivity contribution in [3.05, 3.63) is 51.9 Å². The first-order chi connectivity index (χ1) is 12.4. The summed E-state index contributed by atoms with van der Waals surface area (Å²) in [4.78, 5) is 27.6. The Bertz CT molecular complexity index is 865. The number of aryl methyl sites for hydroxylation is 1. The molecule has 6 heteroatoms. The number of para-hydroxylation sites is 1. The number of hydrogen-bond acceptors (Lipinski definition) is 4. The normalized spacial score (nSPS) is 20.1. The van der Waals surface area contributed by atoms with Gasteiger partial charge in [-0.15, -0.1) is 0 Å². The third-order valence-electron chi connectivity index (χ3n) is 5.09. The third-order valence-corrected chi connectivity index (χ3v) is 5.09. The van der Waals surface area contributed by atoms with E-state index in [4.69, 9.17) is 4.74 Å². The molecular formula is C20H25N3O3. The molecular weight excluding hydrogens is 330 g/mol. The van der Waals surface area contributed by atoms with Gasteiger partial charge in [0, 0.05) is 12.1 Å². The second-order valence-electron chi connectivity index (χ2n) is 6.94. The zero-order valence-corrected chi connectivity index (χ0v) is 15.7. The Morgan fingerprint density at radius 2 is 1.85 bits per heavy atom. The molecule has 26 heavy (non-hydrogen) atoms. The Hall–Kier alpha value is -2.63. The maximum absolute atomic E-state index is 13.2. The van der Waals surface area contributed by atoms with Crippen LogP contribution in [-0.4, -0.2) is 39.8 Å². The van der Waals surface area contributed by atoms with Crippen LogP contribution < -0.4 is 10.3 Å². The molecule has 0 aliphatic carbocycles. The monoisotopic (exact) mass is 355 g/mol. The summed E-state index contributed by atoms with van der Waals surface area (Å²) in [6.07, 6.45) is 3.05. The van der Waals surface area contributed by atoms with Crippen LogP contribution in [0.4, 0.5) is 0 Å². The second-order valence-corrected chi connectivity index (χ2v) is 6.94. The van der Waals surface area contributed by atoms with E-state index in [9.17, 15) is 9.59 Å². The topological polar surface area (TPSA) is 64.4 Å². The Balaban J connectivity index is 2.12. The smallest absolute Gasteiger partial charge is 0.278 e. The van der Waals surface area contributed by atoms with Crippen molar-refractivity contribution in [3.8, 4) is 11.4 Å². The standard InChI is InChI=1S/C20H25N3O3/c1-13-8-5-6-11-16(13)23-18(24)12-17(26-4)19(21-23)20(25)22-14(2)9-7-10-15(22)3/h5-6,8,11-12,14-15H,7,9-10H2,1-4H3/t14-,15+. The lowest BCUT2D eigenvalue weighted by Crippen LogP contribution is -2.48. The fourth-order valence-electron chi connectivity index (χ4n) is 3.66. The molecule has 0 spiro atoms. The van der Waals surface area contributed by atoms with Gasteiger partial charge in [-0.3, -0.25) is 9.59 Å². The van der Waals surface area contributed by atoms with Gasteiger partial charge in [-0.2, -0.15) is 9.78 Å². The molecule has 1 amide bonds. The van der Waals surface area contributed by atoms with Crippen molar-refractivity contribution in [1.82, 2.24) is 14.7 Å². The van der Waals surface area contributed by atoms with Gasteiger partial charge in [0.25, 0.3) is 11.5 Å². The summed E-state index contributed by atoms with van der Waals surface area (Å²) in [7, 11) is 1.45. The molecule has 0 bridgehead atoms. The number of methoxy groups -OCH3 is 1. The lowest BCUT2D eigenvalue weighted by Gasteiger charge is -2.38. The van der Waals surface area contributed by atoms with Gasteiger partial charge in [-0.25, -0.2) is 0 Å². The number of carbonyl (C=O) groups excluding carboxylic acids is 1. The van der Waals surface area contributed by atoms with Crippen molar-refractivity contribution in [2.75, 3.05) is 7.11 Å². The number of nitrogens with zero attached hydrogens (tertiary/aromatic N) is 3. The quantitative estimate of drug-likeness (QED) is 0.849. The van der Waals surface area contributed by atoms with Crippen molar-refractivity contribution < 1.29 is 9.53 Å². The molecule has 0 saturated carbocycles. The molecule has 1 fully saturated rings. The Morgan fingerprint density at radius 3 is 2.46 bits per heavy atom. The van der Waals surface area contributed by atoms with E-state index >= 15 is 0 Å². The van der Waals surface area contributed by atoms with E-state index in [1.807, 2.05) is 36.1 Å². The number of carbonyl (C=O) groups is 1. The molecule has 3 rings (SSSR count). The fourth-order valence-corrected chi connectivity index (χ4v) is 3.66. The lowest BCUT2D eigenvalue weighted by atomic mass is 9.97. The van der Waals surface area contributed by atoms with Gasteiger partial charge < -0.3 is 9.64 Å². The predicted octanol–water partition coefficient (Wildman–Crippen LogP) is 2.95. The summed E-state index contributed by atoms with van der Waals surface area (Å²) in [6.45, 7) is 6.01. The minimum atomic E-state index is -0.326. The molecule has 6 nitrogen and oxygen atoms in total. The molecule has 1 aromatic heterocycles. The molecule has 1 aliphatic rings. The zero-order valence-electron chi connectivity index (χ0n) is 15.7. The molecule has 1 saturated heterocycles. The molecule has 1 aromatic carbocycles. The molecule has 138 valence electrons. The van der Waals surface area contributed by atoms with Gasteiger partial charge in [0.2, 0.25) is 0 Å². The highest BCUT2D eigenvalue weighted by atomic mass is 16.5. The average molecular weight is 355 g/mol. The van der Waals surface area contributed by atoms with E-state index in [1.165, 1.54) is 17.9 Å². The van der Waals surface area contributed by atoms with Crippen LogP contribution in [0.5, 0.6) is 5.75 Å². The van der Waals surface area contributed by atoms with Crippen LogP contribution in [0.25, 0.3) is 5.69 Å². The van der Waals surface area contributed by atoms with Gasteiger partial charge >= 0.3 is 0 Å². The minimum absolute atomic E-state index is 0.136. The Kier molecular flexibility index (Phi) is 5.11. The molecule has 0 radical (unpaired) electrons. The lowest BCUT2D eigenvalue weighted by molar-refractivity contribution is 0.0498. The Labute approximate surface area is 153 Å². The molecule has 2 atom stereocenters. The number of ether oxygens (including phenoxy) is 1. The highest BCUT2D eigenvalue weighted by Gasteiger charge is 2.32. The van der Waals surface area contributed by atoms with Crippen molar-refractivity contribution in [2.24, 2.45) is 0 Å². The van der Waals surface area contributed by atoms with E-state index < -0.39 is 0 Å². The van der Waals surface area contributed by atoms with Crippen LogP contribution in [0.2, 0.25) is 0 Å². The maximum atomic E-state index is 13.2. The number of rotatable bonds is 3. The number of aromatic nitrogens is 2. The first-order valence-electron chi connectivity index (χ1n) is 9.01. The van der Waals surface area contributed by atoms with Crippen LogP contribution in [0, 0.1) is 6.92 Å². The summed E-state index contributed by atoms with van der Waals surface area (Å²) in [5, 5.41) is 4.41. The zero-order chi connectivity index (χ0) is 18.8. The summed E-state index contributed by atoms with van der Waals surface area (Å²) in [5.74, 6) is 0.0266. The van der Waals surface area contributed by atoms with E-state index in [2.05, 4.69) is 18.9 Å². The fraction of sp³-hybridized carbons (Fsp3) is 0.450. The summed E-state index contributed by atoms with van der Waals surface area (Å²) >= 11 is 0. The molecule has 0 N–H and O–H groups in total. The number of amides is 1. The highest BCUT2D eigenvalue weighted by Crippen LogP contribution is 2.26. The van der Waals surface area contributed by atoms with Crippen LogP contribution >= 0.6 is 0 Å². The number of piperidine rings is 1. The Morgan fingerprint density at radius 1 is 1.19 bits per heavy atom. The van der Waals surface area contributed by atoms with Gasteiger partial charge in [0.05, 0.1) is 18.9 Å². The average Bonchev–Trinajstić information content (AvgIpc) is 2.62. The number of hydrogen-bond donors (Lipinski definition) is 0. The third kappa shape index (κ3) is 3.23. The van der Waals surface area contributed by atoms with E-state index in [1.54, 1.807) is 0 Å². The van der Waals surface area contributed by atoms with Gasteiger partial charge in [0.15, 0.2) is 11.4 Å². The van der Waals surface area contributed by atoms with Crippen LogP contribution in [0.15, 0.2) is 35.1 Å². The number of benzene rings is 1. The molecule has 1 aliphatic heterocycles. The van der Waals surface area contributed by atoms with E-state index in [-0.39, 0.29) is 35.0 Å². The van der Waals surface area contributed by atoms with Gasteiger partial charge in [-0.1, -0.05) is 18.2 Å². The minimum Gasteiger partial charge on any atom is -0.494 e. The summed E-state index contributed by atoms with van der Waals surface area (Å²) in [6, 6.07) is 9.08. The van der Waals surface area contributed by atoms with Crippen LogP contribution in [0.1, 0.15) is 49.2 Å². The summed E-state index contributed by atoms with van der Waals surface area (Å²) in [5.41, 5.74) is 1.42. The second kappa shape index (κ2) is 7.32. The van der Waals surface area contributed by atoms with Gasteiger partial charge in [-0.05, 0) is 51.7 Å². The van der Waals surface area contributed by atoms with E-state index in [0.29, 0.717) is 5.69 Å². The van der Waals surface area contributed by atoms with Crippen molar-refractivity contribution in [2.45, 2.75) is 52.1 Å². The van der Waals surface area contributed by atoms with Crippen molar-refractivity contribution in [1.29, 1.82) is 0 Å². The highest BCUT2D eigenvalue weighted by molar-refractivity contribution is 5.95. The van der Waals surface area contributed by atoms with Gasteiger partial charge in [0.1, 0.15) is 0 Å². The van der Waals surface area contributed by atoms with Crippen molar-refractivity contribution in [3.63, 3.8) is 0 Å². The van der Waals surface area contributed by atoms with Crippen LogP contribution in [0.3, 0.4) is 0 Å². The first-order valence-corrected chi connectivity index (χ1v) is 9.01.